The fourth-order valence-electron chi connectivity index (χ4n) is 1.30. The van der Waals surface area contributed by atoms with Crippen LogP contribution in [0.4, 0.5) is 23.2 Å². The quantitative estimate of drug-likeness (QED) is 0.681. The van der Waals surface area contributed by atoms with Gasteiger partial charge in [0.15, 0.2) is 12.2 Å². The summed E-state index contributed by atoms with van der Waals surface area (Å²) < 4.78 is 54.1. The summed E-state index contributed by atoms with van der Waals surface area (Å²) in [6, 6.07) is 6.92. The molecule has 0 radical (unpaired) electrons. The Morgan fingerprint density at radius 3 is 2.27 bits per heavy atom. The molecular weight excluding hydrogens is 304 g/mol. The summed E-state index contributed by atoms with van der Waals surface area (Å²) in [6.07, 6.45) is -4.61. The molecule has 1 N–H and O–H groups in total. The highest BCUT2D eigenvalue weighted by atomic mass is 19.4. The molecule has 0 atom stereocenters. The number of halogens is 4. The minimum atomic E-state index is -4.61. The van der Waals surface area contributed by atoms with Gasteiger partial charge in [-0.3, -0.25) is 0 Å². The molecule has 22 heavy (non-hydrogen) atoms. The molecule has 0 aromatic heterocycles. The summed E-state index contributed by atoms with van der Waals surface area (Å²) in [5.74, 6) is -1.20. The number of hydrogen-bond donors (Lipinski definition) is 1. The molecule has 1 aromatic rings. The summed E-state index contributed by atoms with van der Waals surface area (Å²) >= 11 is 0. The maximum Gasteiger partial charge on any atom is 0.422 e. The molecule has 0 unspecified atom stereocenters. The SMILES string of the molecule is N#CC(C#N)=C(C#N)Nc1cc(F)ccc1OCC(F)(F)F. The zero-order valence-electron chi connectivity index (χ0n) is 10.7. The van der Waals surface area contributed by atoms with E-state index in [1.165, 1.54) is 18.2 Å². The van der Waals surface area contributed by atoms with Crippen LogP contribution in [0.15, 0.2) is 29.5 Å². The standard InChI is InChI=1S/C13H6F4N4O/c14-9-1-2-12(22-7-13(15,16)17)10(3-9)21-11(6-20)8(4-18)5-19/h1-3,21H,7H2. The Balaban J connectivity index is 3.17. The first kappa shape index (κ1) is 16.8. The molecule has 0 saturated carbocycles. The van der Waals surface area contributed by atoms with Crippen molar-refractivity contribution in [1.29, 1.82) is 15.8 Å². The number of allylic oxidation sites excluding steroid dienone is 2. The molecule has 5 nitrogen and oxygen atoms in total. The fourth-order valence-corrected chi connectivity index (χ4v) is 1.30. The topological polar surface area (TPSA) is 92.6 Å². The van der Waals surface area contributed by atoms with Crippen LogP contribution in [-0.4, -0.2) is 12.8 Å². The molecule has 0 aliphatic carbocycles. The van der Waals surface area contributed by atoms with Crippen molar-refractivity contribution in [3.05, 3.63) is 35.3 Å². The van der Waals surface area contributed by atoms with E-state index < -0.39 is 29.9 Å². The van der Waals surface area contributed by atoms with E-state index in [2.05, 4.69) is 10.1 Å². The van der Waals surface area contributed by atoms with Crippen LogP contribution in [0.5, 0.6) is 5.75 Å². The predicted molar refractivity (Wildman–Crippen MR) is 65.4 cm³/mol. The Morgan fingerprint density at radius 1 is 1.14 bits per heavy atom. The van der Waals surface area contributed by atoms with Crippen molar-refractivity contribution in [3.63, 3.8) is 0 Å². The predicted octanol–water partition coefficient (Wildman–Crippen LogP) is 3.00. The maximum atomic E-state index is 13.2. The number of rotatable bonds is 4. The second-order valence-corrected chi connectivity index (χ2v) is 3.75. The highest BCUT2D eigenvalue weighted by Gasteiger charge is 2.29. The van der Waals surface area contributed by atoms with Crippen LogP contribution in [0.3, 0.4) is 0 Å². The maximum absolute atomic E-state index is 13.2. The van der Waals surface area contributed by atoms with Crippen LogP contribution >= 0.6 is 0 Å². The second-order valence-electron chi connectivity index (χ2n) is 3.75. The molecular formula is C13H6F4N4O. The van der Waals surface area contributed by atoms with Gasteiger partial charge in [-0.1, -0.05) is 0 Å². The minimum absolute atomic E-state index is 0.316. The number of alkyl halides is 3. The van der Waals surface area contributed by atoms with Crippen molar-refractivity contribution in [2.45, 2.75) is 6.18 Å². The number of nitrogens with one attached hydrogen (secondary N) is 1. The van der Waals surface area contributed by atoms with E-state index >= 15 is 0 Å². The smallest absolute Gasteiger partial charge is 0.422 e. The summed E-state index contributed by atoms with van der Waals surface area (Å²) in [4.78, 5) is 0. The number of hydrogen-bond acceptors (Lipinski definition) is 5. The Morgan fingerprint density at radius 2 is 1.77 bits per heavy atom. The lowest BCUT2D eigenvalue weighted by molar-refractivity contribution is -0.153. The Labute approximate surface area is 122 Å². The Bertz CT molecular complexity index is 704. The van der Waals surface area contributed by atoms with Gasteiger partial charge < -0.3 is 10.1 Å². The van der Waals surface area contributed by atoms with Crippen molar-refractivity contribution >= 4 is 5.69 Å². The summed E-state index contributed by atoms with van der Waals surface area (Å²) in [5, 5.41) is 28.4. The van der Waals surface area contributed by atoms with Gasteiger partial charge >= 0.3 is 6.18 Å². The largest absolute Gasteiger partial charge is 0.482 e. The summed E-state index contributed by atoms with van der Waals surface area (Å²) in [7, 11) is 0. The average molecular weight is 310 g/mol. The van der Waals surface area contributed by atoms with Crippen LogP contribution in [0, 0.1) is 39.8 Å². The molecule has 1 rings (SSSR count). The number of benzene rings is 1. The van der Waals surface area contributed by atoms with E-state index in [0.29, 0.717) is 0 Å². The summed E-state index contributed by atoms with van der Waals surface area (Å²) in [6.45, 7) is -1.62. The first-order chi connectivity index (χ1) is 10.3. The molecule has 0 aliphatic heterocycles. The molecule has 112 valence electrons. The van der Waals surface area contributed by atoms with E-state index in [4.69, 9.17) is 15.8 Å². The van der Waals surface area contributed by atoms with Crippen LogP contribution in [0.2, 0.25) is 0 Å². The van der Waals surface area contributed by atoms with Gasteiger partial charge in [0.25, 0.3) is 0 Å². The molecule has 0 fully saturated rings. The van der Waals surface area contributed by atoms with E-state index in [9.17, 15) is 17.6 Å². The van der Waals surface area contributed by atoms with Crippen molar-refractivity contribution in [2.24, 2.45) is 0 Å². The zero-order chi connectivity index (χ0) is 16.8. The molecule has 1 aromatic carbocycles. The lowest BCUT2D eigenvalue weighted by atomic mass is 10.2. The third-order valence-electron chi connectivity index (χ3n) is 2.18. The Kier molecular flexibility index (Phi) is 5.32. The number of anilines is 1. The van der Waals surface area contributed by atoms with E-state index in [1.54, 1.807) is 0 Å². The van der Waals surface area contributed by atoms with E-state index in [-0.39, 0.29) is 11.4 Å². The van der Waals surface area contributed by atoms with Gasteiger partial charge in [-0.15, -0.1) is 0 Å². The molecule has 9 heteroatoms. The highest BCUT2D eigenvalue weighted by Crippen LogP contribution is 2.29. The molecule has 0 spiro atoms. The van der Waals surface area contributed by atoms with Crippen LogP contribution < -0.4 is 10.1 Å². The van der Waals surface area contributed by atoms with Gasteiger partial charge in [0, 0.05) is 6.07 Å². The highest BCUT2D eigenvalue weighted by molar-refractivity contribution is 5.64. The van der Waals surface area contributed by atoms with Crippen molar-refractivity contribution < 1.29 is 22.3 Å². The number of nitrogens with zero attached hydrogens (tertiary/aromatic N) is 3. The second kappa shape index (κ2) is 6.96. The van der Waals surface area contributed by atoms with Crippen molar-refractivity contribution in [3.8, 4) is 24.0 Å². The average Bonchev–Trinajstić information content (AvgIpc) is 2.45. The van der Waals surface area contributed by atoms with Crippen molar-refractivity contribution in [1.82, 2.24) is 0 Å². The lowest BCUT2D eigenvalue weighted by Gasteiger charge is -2.14. The normalized spacial score (nSPS) is 9.86. The van der Waals surface area contributed by atoms with Gasteiger partial charge in [-0.25, -0.2) is 4.39 Å². The first-order valence-corrected chi connectivity index (χ1v) is 5.51. The van der Waals surface area contributed by atoms with Gasteiger partial charge in [-0.05, 0) is 12.1 Å². The molecule has 0 saturated heterocycles. The molecule has 0 aliphatic rings. The summed E-state index contributed by atoms with van der Waals surface area (Å²) in [5.41, 5.74) is -1.45. The lowest BCUT2D eigenvalue weighted by Crippen LogP contribution is -2.19. The third kappa shape index (κ3) is 4.69. The molecule has 0 bridgehead atoms. The van der Waals surface area contributed by atoms with Gasteiger partial charge in [0.1, 0.15) is 35.5 Å². The van der Waals surface area contributed by atoms with Crippen molar-refractivity contribution in [2.75, 3.05) is 11.9 Å². The minimum Gasteiger partial charge on any atom is -0.482 e. The number of ether oxygens (including phenoxy) is 1. The Hall–Kier alpha value is -3.25. The van der Waals surface area contributed by atoms with Crippen LogP contribution in [0.25, 0.3) is 0 Å². The van der Waals surface area contributed by atoms with Crippen LogP contribution in [-0.2, 0) is 0 Å². The fraction of sp³-hybridized carbons (Fsp3) is 0.154. The first-order valence-electron chi connectivity index (χ1n) is 5.51. The molecule has 0 heterocycles. The van der Waals surface area contributed by atoms with Crippen LogP contribution in [0.1, 0.15) is 0 Å². The van der Waals surface area contributed by atoms with Gasteiger partial charge in [0.05, 0.1) is 5.69 Å². The van der Waals surface area contributed by atoms with E-state index in [0.717, 1.165) is 18.2 Å². The van der Waals surface area contributed by atoms with Gasteiger partial charge in [-0.2, -0.15) is 29.0 Å². The molecule has 0 amide bonds. The van der Waals surface area contributed by atoms with E-state index in [1.807, 2.05) is 0 Å². The zero-order valence-corrected chi connectivity index (χ0v) is 10.7. The monoisotopic (exact) mass is 310 g/mol. The number of nitriles is 3. The van der Waals surface area contributed by atoms with Gasteiger partial charge in [0.2, 0.25) is 0 Å². The third-order valence-corrected chi connectivity index (χ3v) is 2.18.